The van der Waals surface area contributed by atoms with Crippen LogP contribution in [0.3, 0.4) is 0 Å². The van der Waals surface area contributed by atoms with Gasteiger partial charge in [-0.1, -0.05) is 13.8 Å². The molecule has 3 aromatic heterocycles. The lowest BCUT2D eigenvalue weighted by molar-refractivity contribution is 0.0792. The molecule has 2 amide bonds. The first kappa shape index (κ1) is 26.6. The van der Waals surface area contributed by atoms with Crippen LogP contribution in [0.25, 0.3) is 33.4 Å². The second-order valence-corrected chi connectivity index (χ2v) is 8.65. The summed E-state index contributed by atoms with van der Waals surface area (Å²) < 4.78 is 6.45. The van der Waals surface area contributed by atoms with E-state index in [-0.39, 0.29) is 24.0 Å². The maximum absolute atomic E-state index is 12.7. The second-order valence-electron chi connectivity index (χ2n) is 8.65. The Morgan fingerprint density at radius 1 is 1.08 bits per heavy atom. The molecular formula is C28H32N6O4. The third-order valence-electron chi connectivity index (χ3n) is 6.20. The maximum Gasteiger partial charge on any atom is 0.413 e. The molecule has 0 spiro atoms. The number of nitrogens with one attached hydrogen (secondary N) is 2. The number of pyridine rings is 2. The van der Waals surface area contributed by atoms with E-state index in [4.69, 9.17) is 4.74 Å². The Morgan fingerprint density at radius 3 is 2.50 bits per heavy atom. The highest BCUT2D eigenvalue weighted by Gasteiger charge is 2.20. The number of likely N-dealkylation sites (tertiary alicyclic amines) is 1. The zero-order valence-corrected chi connectivity index (χ0v) is 22.1. The first-order valence-electron chi connectivity index (χ1n) is 12.8. The van der Waals surface area contributed by atoms with Crippen LogP contribution in [0.15, 0.2) is 53.6 Å². The molecule has 0 aliphatic carbocycles. The smallest absolute Gasteiger partial charge is 0.413 e. The number of imidazole rings is 1. The van der Waals surface area contributed by atoms with Crippen LogP contribution in [-0.2, 0) is 11.8 Å². The van der Waals surface area contributed by atoms with Crippen molar-refractivity contribution in [2.75, 3.05) is 25.0 Å². The lowest BCUT2D eigenvalue weighted by atomic mass is 10.00. The van der Waals surface area contributed by atoms with Crippen LogP contribution in [0.1, 0.15) is 44.0 Å². The van der Waals surface area contributed by atoms with Crippen molar-refractivity contribution in [3.8, 4) is 22.4 Å². The van der Waals surface area contributed by atoms with Gasteiger partial charge in [0.25, 0.3) is 11.5 Å². The highest BCUT2D eigenvalue weighted by Crippen LogP contribution is 2.33. The SMILES string of the molecule is CC.CCOC(=O)Nc1nc2c(-c3ccc(C(=O)N4CCCC4)cn3)cc(-c3ccn(C)c(=O)c3)cc2[nH]1. The van der Waals surface area contributed by atoms with Crippen LogP contribution >= 0.6 is 0 Å². The van der Waals surface area contributed by atoms with Gasteiger partial charge in [0.2, 0.25) is 5.95 Å². The fourth-order valence-electron chi connectivity index (χ4n) is 4.31. The fourth-order valence-corrected chi connectivity index (χ4v) is 4.31. The maximum atomic E-state index is 12.7. The topological polar surface area (TPSA) is 122 Å². The lowest BCUT2D eigenvalue weighted by Gasteiger charge is -2.15. The average Bonchev–Trinajstić information content (AvgIpc) is 3.61. The van der Waals surface area contributed by atoms with Gasteiger partial charge in [-0.15, -0.1) is 0 Å². The van der Waals surface area contributed by atoms with Crippen molar-refractivity contribution in [3.63, 3.8) is 0 Å². The normalized spacial score (nSPS) is 12.7. The van der Waals surface area contributed by atoms with E-state index in [1.165, 1.54) is 4.57 Å². The molecule has 1 aliphatic rings. The summed E-state index contributed by atoms with van der Waals surface area (Å²) in [5.41, 5.74) is 4.44. The molecular weight excluding hydrogens is 484 g/mol. The van der Waals surface area contributed by atoms with Crippen molar-refractivity contribution < 1.29 is 14.3 Å². The molecule has 5 rings (SSSR count). The molecule has 10 heteroatoms. The molecule has 4 aromatic rings. The van der Waals surface area contributed by atoms with Gasteiger partial charge in [0.15, 0.2) is 0 Å². The Morgan fingerprint density at radius 2 is 1.84 bits per heavy atom. The van der Waals surface area contributed by atoms with Crippen LogP contribution in [0.4, 0.5) is 10.7 Å². The van der Waals surface area contributed by atoms with E-state index < -0.39 is 6.09 Å². The molecule has 38 heavy (non-hydrogen) atoms. The average molecular weight is 517 g/mol. The zero-order chi connectivity index (χ0) is 27.2. The third kappa shape index (κ3) is 5.59. The van der Waals surface area contributed by atoms with E-state index in [1.807, 2.05) is 36.9 Å². The number of benzene rings is 1. The lowest BCUT2D eigenvalue weighted by Crippen LogP contribution is -2.27. The van der Waals surface area contributed by atoms with Crippen LogP contribution < -0.4 is 10.9 Å². The van der Waals surface area contributed by atoms with Crippen molar-refractivity contribution in [1.82, 2.24) is 24.4 Å². The van der Waals surface area contributed by atoms with Gasteiger partial charge >= 0.3 is 6.09 Å². The van der Waals surface area contributed by atoms with Crippen molar-refractivity contribution >= 4 is 29.0 Å². The summed E-state index contributed by atoms with van der Waals surface area (Å²) >= 11 is 0. The molecule has 0 radical (unpaired) electrons. The monoisotopic (exact) mass is 516 g/mol. The molecule has 0 atom stereocenters. The molecule has 1 saturated heterocycles. The minimum absolute atomic E-state index is 0.0220. The largest absolute Gasteiger partial charge is 0.450 e. The number of aromatic amines is 1. The Labute approximate surface area is 220 Å². The van der Waals surface area contributed by atoms with Crippen LogP contribution in [0.5, 0.6) is 0 Å². The number of hydrogen-bond donors (Lipinski definition) is 2. The molecule has 10 nitrogen and oxygen atoms in total. The van der Waals surface area contributed by atoms with Crippen LogP contribution in [0.2, 0.25) is 0 Å². The minimum atomic E-state index is -0.618. The number of H-pyrrole nitrogens is 1. The van der Waals surface area contributed by atoms with Gasteiger partial charge in [-0.05, 0) is 61.2 Å². The summed E-state index contributed by atoms with van der Waals surface area (Å²) in [5, 5.41) is 2.59. The van der Waals surface area contributed by atoms with E-state index in [0.29, 0.717) is 27.9 Å². The number of hydrogen-bond acceptors (Lipinski definition) is 6. The van der Waals surface area contributed by atoms with Gasteiger partial charge in [0.1, 0.15) is 0 Å². The van der Waals surface area contributed by atoms with Gasteiger partial charge in [0.05, 0.1) is 28.9 Å². The summed E-state index contributed by atoms with van der Waals surface area (Å²) in [6, 6.07) is 10.7. The second kappa shape index (κ2) is 11.7. The number of carbonyl (C=O) groups is 2. The fraction of sp³-hybridized carbons (Fsp3) is 0.321. The van der Waals surface area contributed by atoms with Crippen LogP contribution in [0, 0.1) is 0 Å². The number of amides is 2. The highest BCUT2D eigenvalue weighted by atomic mass is 16.5. The Balaban J connectivity index is 0.00000164. The quantitative estimate of drug-likeness (QED) is 0.392. The highest BCUT2D eigenvalue weighted by molar-refractivity contribution is 5.98. The van der Waals surface area contributed by atoms with Gasteiger partial charge < -0.3 is 19.2 Å². The van der Waals surface area contributed by atoms with Crippen molar-refractivity contribution in [2.45, 2.75) is 33.6 Å². The first-order valence-corrected chi connectivity index (χ1v) is 12.8. The Bertz CT molecular complexity index is 1500. The van der Waals surface area contributed by atoms with Gasteiger partial charge in [-0.2, -0.15) is 0 Å². The minimum Gasteiger partial charge on any atom is -0.450 e. The van der Waals surface area contributed by atoms with E-state index in [9.17, 15) is 14.4 Å². The van der Waals surface area contributed by atoms with Crippen molar-refractivity contribution in [3.05, 3.63) is 64.7 Å². The number of rotatable bonds is 5. The Kier molecular flexibility index (Phi) is 8.20. The van der Waals surface area contributed by atoms with Gasteiger partial charge in [-0.3, -0.25) is 19.9 Å². The molecule has 4 heterocycles. The Hall–Kier alpha value is -4.47. The third-order valence-corrected chi connectivity index (χ3v) is 6.20. The number of fused-ring (bicyclic) bond motifs is 1. The predicted molar refractivity (Wildman–Crippen MR) is 147 cm³/mol. The number of anilines is 1. The molecule has 0 bridgehead atoms. The standard InChI is InChI=1S/C26H26N6O4.C2H6/c1-3-36-26(35)30-25-28-21-13-18(16-8-11-31(2)22(33)14-16)12-19(23(21)29-25)20-7-6-17(15-27-20)24(34)32-9-4-5-10-32;1-2/h6-8,11-15H,3-5,9-10H2,1-2H3,(H2,28,29,30,35);1-2H3. The molecule has 0 unspecified atom stereocenters. The number of ether oxygens (including phenoxy) is 1. The van der Waals surface area contributed by atoms with E-state index >= 15 is 0 Å². The van der Waals surface area contributed by atoms with Crippen LogP contribution in [-0.4, -0.2) is 56.1 Å². The summed E-state index contributed by atoms with van der Waals surface area (Å²) in [5.74, 6) is 0.206. The van der Waals surface area contributed by atoms with Crippen molar-refractivity contribution in [1.29, 1.82) is 0 Å². The zero-order valence-electron chi connectivity index (χ0n) is 22.1. The molecule has 2 N–H and O–H groups in total. The van der Waals surface area contributed by atoms with Crippen molar-refractivity contribution in [2.24, 2.45) is 7.05 Å². The number of aryl methyl sites for hydroxylation is 1. The van der Waals surface area contributed by atoms with E-state index in [1.54, 1.807) is 44.6 Å². The molecule has 198 valence electrons. The number of aromatic nitrogens is 4. The first-order chi connectivity index (χ1) is 18.4. The van der Waals surface area contributed by atoms with Gasteiger partial charge in [0, 0.05) is 44.2 Å². The summed E-state index contributed by atoms with van der Waals surface area (Å²) in [6.07, 6.45) is 4.71. The predicted octanol–water partition coefficient (Wildman–Crippen LogP) is 4.82. The number of carbonyl (C=O) groups excluding carboxylic acids is 2. The molecule has 0 saturated carbocycles. The summed E-state index contributed by atoms with van der Waals surface area (Å²) in [6.45, 7) is 7.49. The summed E-state index contributed by atoms with van der Waals surface area (Å²) in [4.78, 5) is 51.0. The molecule has 1 aromatic carbocycles. The summed E-state index contributed by atoms with van der Waals surface area (Å²) in [7, 11) is 1.69. The number of nitrogens with zero attached hydrogens (tertiary/aromatic N) is 4. The van der Waals surface area contributed by atoms with Gasteiger partial charge in [-0.25, -0.2) is 9.78 Å². The molecule has 1 aliphatic heterocycles. The van der Waals surface area contributed by atoms with E-state index in [0.717, 1.165) is 37.1 Å². The van der Waals surface area contributed by atoms with E-state index in [2.05, 4.69) is 20.3 Å². The molecule has 1 fully saturated rings.